The highest BCUT2D eigenvalue weighted by atomic mass is 16.7. The number of nitrogens with one attached hydrogen (secondary N) is 1. The number of piperidine rings is 1. The quantitative estimate of drug-likeness (QED) is 0.235. The number of alkyl carbamates (subject to hydrolysis) is 1. The molecule has 296 valence electrons. The van der Waals surface area contributed by atoms with E-state index in [1.54, 1.807) is 41.5 Å². The third-order valence-electron chi connectivity index (χ3n) is 6.06. The smallest absolute Gasteiger partial charge is 0.417 e. The van der Waals surface area contributed by atoms with Crippen LogP contribution in [0.4, 0.5) is 9.59 Å². The van der Waals surface area contributed by atoms with Crippen LogP contribution in [-0.4, -0.2) is 93.2 Å². The number of nitrogens with zero attached hydrogens (tertiary/aromatic N) is 1. The summed E-state index contributed by atoms with van der Waals surface area (Å²) >= 11 is 0. The van der Waals surface area contributed by atoms with Crippen LogP contribution in [0.15, 0.2) is 0 Å². The van der Waals surface area contributed by atoms with Gasteiger partial charge in [-0.15, -0.1) is 0 Å². The monoisotopic (exact) mass is 746 g/mol. The molecule has 2 fully saturated rings. The van der Waals surface area contributed by atoms with Crippen molar-refractivity contribution >= 4 is 54.1 Å². The molecular formula is C34H54N2O16. The number of ketones is 1. The maximum absolute atomic E-state index is 12.2. The van der Waals surface area contributed by atoms with Gasteiger partial charge in [-0.1, -0.05) is 41.5 Å². The Morgan fingerprint density at radius 2 is 1.21 bits per heavy atom. The number of cyclic esters (lactones) is 2. The van der Waals surface area contributed by atoms with Gasteiger partial charge in [-0.3, -0.25) is 24.0 Å². The first kappa shape index (κ1) is 51.4. The molecule has 18 heteroatoms. The first-order valence-electron chi connectivity index (χ1n) is 15.9. The molecule has 2 aliphatic rings. The number of aliphatic carboxylic acids is 1. The lowest BCUT2D eigenvalue weighted by molar-refractivity contribution is -0.231. The number of carboxylic acids is 1. The number of carbonyl (C=O) groups excluding carboxylic acids is 10. The summed E-state index contributed by atoms with van der Waals surface area (Å²) in [5.74, 6) is -3.66. The van der Waals surface area contributed by atoms with Crippen LogP contribution in [0, 0.1) is 10.8 Å². The Kier molecular flexibility index (Phi) is 21.2. The summed E-state index contributed by atoms with van der Waals surface area (Å²) in [5.41, 5.74) is -1.95. The van der Waals surface area contributed by atoms with E-state index in [2.05, 4.69) is 14.8 Å². The molecular weight excluding hydrogens is 692 g/mol. The maximum Gasteiger partial charge on any atom is 0.417 e. The van der Waals surface area contributed by atoms with Gasteiger partial charge < -0.3 is 29.4 Å². The maximum atomic E-state index is 12.2. The number of imide groups is 1. The number of Topliss-reactive ketones (excluding diaryl/α,β-unsaturated/α-hetero) is 1. The summed E-state index contributed by atoms with van der Waals surface area (Å²) in [6.07, 6.45) is -1.16. The molecule has 0 bridgehead atoms. The summed E-state index contributed by atoms with van der Waals surface area (Å²) in [6.45, 7) is 24.9. The zero-order valence-corrected chi connectivity index (χ0v) is 32.5. The van der Waals surface area contributed by atoms with Gasteiger partial charge >= 0.3 is 42.4 Å². The molecule has 2 aliphatic heterocycles. The average Bonchev–Trinajstić information content (AvgIpc) is 2.84. The fourth-order valence-electron chi connectivity index (χ4n) is 4.00. The average molecular weight is 747 g/mol. The van der Waals surface area contributed by atoms with Gasteiger partial charge in [0.1, 0.15) is 23.4 Å². The van der Waals surface area contributed by atoms with E-state index in [0.717, 1.165) is 4.90 Å². The minimum atomic E-state index is -1.08. The molecule has 2 heterocycles. The molecule has 0 aromatic heterocycles. The summed E-state index contributed by atoms with van der Waals surface area (Å²) in [6, 6.07) is -0.911. The van der Waals surface area contributed by atoms with Gasteiger partial charge in [0.15, 0.2) is 0 Å². The Bertz CT molecular complexity index is 1300. The van der Waals surface area contributed by atoms with Crippen LogP contribution < -0.4 is 5.32 Å². The molecule has 3 amide bonds. The number of carbonyl (C=O) groups is 7. The van der Waals surface area contributed by atoms with Crippen molar-refractivity contribution in [2.24, 2.45) is 10.8 Å². The van der Waals surface area contributed by atoms with Crippen LogP contribution in [0.5, 0.6) is 0 Å². The van der Waals surface area contributed by atoms with Crippen molar-refractivity contribution in [3.63, 3.8) is 0 Å². The standard InChI is InChI=1S/C14H23NO4.C12H23NO4.C6H8O4.2CO2/c1-13(2,3)10-7-9(16)8-11(17)15(10)12(18)19-14(4,5)6;1-11(2,3)8(7-9(14)15)13-10(16)17-12(4,5)6;1-6(2)9-4(7)3-5(8)10-6;2*2-1-3/h10H,7-8H2,1-6H3;8H,7H2,1-6H3,(H,13,16)(H,14,15);3H2,1-2H3;;/t10-;;;;/m1..../s1. The number of amides is 3. The summed E-state index contributed by atoms with van der Waals surface area (Å²) in [5, 5.41) is 11.4. The molecule has 2 rings (SSSR count). The molecule has 0 radical (unpaired) electrons. The zero-order chi connectivity index (χ0) is 42.1. The van der Waals surface area contributed by atoms with Gasteiger partial charge in [-0.2, -0.15) is 19.2 Å². The molecule has 2 atom stereocenters. The second kappa shape index (κ2) is 21.4. The van der Waals surface area contributed by atoms with E-state index < -0.39 is 65.1 Å². The lowest BCUT2D eigenvalue weighted by atomic mass is 9.80. The minimum absolute atomic E-state index is 0.121. The van der Waals surface area contributed by atoms with E-state index in [4.69, 9.17) is 33.8 Å². The van der Waals surface area contributed by atoms with Crippen molar-refractivity contribution in [1.82, 2.24) is 10.2 Å². The van der Waals surface area contributed by atoms with Gasteiger partial charge in [-0.25, -0.2) is 14.5 Å². The van der Waals surface area contributed by atoms with E-state index in [-0.39, 0.29) is 54.6 Å². The molecule has 0 spiro atoms. The van der Waals surface area contributed by atoms with Crippen LogP contribution in [0.25, 0.3) is 0 Å². The summed E-state index contributed by atoms with van der Waals surface area (Å²) in [7, 11) is 0. The highest BCUT2D eigenvalue weighted by Gasteiger charge is 2.44. The minimum Gasteiger partial charge on any atom is -0.481 e. The van der Waals surface area contributed by atoms with E-state index in [0.29, 0.717) is 0 Å². The Labute approximate surface area is 303 Å². The van der Waals surface area contributed by atoms with Gasteiger partial charge in [-0.05, 0) is 52.4 Å². The Morgan fingerprint density at radius 1 is 0.808 bits per heavy atom. The normalized spacial score (nSPS) is 17.3. The molecule has 1 unspecified atom stereocenters. The molecule has 0 aliphatic carbocycles. The van der Waals surface area contributed by atoms with Crippen LogP contribution in [-0.2, 0) is 62.1 Å². The molecule has 52 heavy (non-hydrogen) atoms. The number of hydrogen-bond donors (Lipinski definition) is 2. The number of rotatable bonds is 3. The van der Waals surface area contributed by atoms with Crippen molar-refractivity contribution in [3.05, 3.63) is 0 Å². The largest absolute Gasteiger partial charge is 0.481 e. The number of hydrogen-bond acceptors (Lipinski definition) is 15. The predicted octanol–water partition coefficient (Wildman–Crippen LogP) is 3.97. The number of likely N-dealkylation sites (tertiary alicyclic amines) is 1. The fraction of sp³-hybridized carbons (Fsp3) is 0.735. The highest BCUT2D eigenvalue weighted by Crippen LogP contribution is 2.32. The Morgan fingerprint density at radius 3 is 1.52 bits per heavy atom. The van der Waals surface area contributed by atoms with Gasteiger partial charge in [0.2, 0.25) is 5.91 Å². The number of carboxylic acid groups (broad SMARTS) is 1. The van der Waals surface area contributed by atoms with Crippen molar-refractivity contribution in [2.75, 3.05) is 0 Å². The molecule has 2 N–H and O–H groups in total. The zero-order valence-electron chi connectivity index (χ0n) is 32.5. The van der Waals surface area contributed by atoms with Crippen molar-refractivity contribution in [3.8, 4) is 0 Å². The van der Waals surface area contributed by atoms with Gasteiger partial charge in [0.05, 0.1) is 18.9 Å². The second-order valence-corrected chi connectivity index (χ2v) is 15.9. The second-order valence-electron chi connectivity index (χ2n) is 15.9. The molecule has 18 nitrogen and oxygen atoms in total. The molecule has 2 saturated heterocycles. The summed E-state index contributed by atoms with van der Waals surface area (Å²) < 4.78 is 19.7. The first-order valence-corrected chi connectivity index (χ1v) is 15.9. The topological polar surface area (TPSA) is 260 Å². The van der Waals surface area contributed by atoms with Crippen molar-refractivity contribution in [1.29, 1.82) is 0 Å². The van der Waals surface area contributed by atoms with Gasteiger partial charge in [0.25, 0.3) is 5.79 Å². The lowest BCUT2D eigenvalue weighted by Gasteiger charge is -2.41. The SMILES string of the molecule is CC(C)(C)OC(=O)N1C(=O)CC(=O)C[C@@H]1C(C)(C)C.CC(C)(C)OC(=O)NC(CC(=O)O)C(C)(C)C.CC1(C)OC(=O)CC(=O)O1.O=C=O.O=C=O. The third-order valence-corrected chi connectivity index (χ3v) is 6.06. The highest BCUT2D eigenvalue weighted by molar-refractivity contribution is 6.06. The van der Waals surface area contributed by atoms with Crippen LogP contribution >= 0.6 is 0 Å². The molecule has 0 saturated carbocycles. The fourth-order valence-corrected chi connectivity index (χ4v) is 4.00. The van der Waals surface area contributed by atoms with Gasteiger partial charge in [0, 0.05) is 26.3 Å². The van der Waals surface area contributed by atoms with Crippen molar-refractivity contribution < 1.29 is 76.8 Å². The van der Waals surface area contributed by atoms with Crippen molar-refractivity contribution in [2.45, 2.75) is 152 Å². The van der Waals surface area contributed by atoms with E-state index in [1.807, 2.05) is 41.5 Å². The van der Waals surface area contributed by atoms with Crippen LogP contribution in [0.3, 0.4) is 0 Å². The Hall–Kier alpha value is -4.95. The van der Waals surface area contributed by atoms with E-state index in [1.165, 1.54) is 13.8 Å². The number of ether oxygens (including phenoxy) is 4. The first-order chi connectivity index (χ1) is 23.2. The van der Waals surface area contributed by atoms with Crippen LogP contribution in [0.1, 0.15) is 123 Å². The summed E-state index contributed by atoms with van der Waals surface area (Å²) in [4.78, 5) is 113. The third kappa shape index (κ3) is 25.1. The Balaban J connectivity index is -0.000000663. The molecule has 0 aromatic carbocycles. The number of esters is 2. The van der Waals surface area contributed by atoms with Crippen LogP contribution in [0.2, 0.25) is 0 Å². The molecule has 0 aromatic rings. The van der Waals surface area contributed by atoms with E-state index >= 15 is 0 Å². The van der Waals surface area contributed by atoms with E-state index in [9.17, 15) is 33.6 Å². The lowest BCUT2D eigenvalue weighted by Crippen LogP contribution is -2.56. The predicted molar refractivity (Wildman–Crippen MR) is 176 cm³/mol.